The lowest BCUT2D eigenvalue weighted by atomic mass is 10.0. The Balaban J connectivity index is 1.64. The highest BCUT2D eigenvalue weighted by atomic mass is 35.5. The molecule has 1 aliphatic rings. The van der Waals surface area contributed by atoms with Crippen LogP contribution in [0.3, 0.4) is 0 Å². The summed E-state index contributed by atoms with van der Waals surface area (Å²) in [5, 5.41) is 1.91. The minimum Gasteiger partial charge on any atom is -0.294 e. The third-order valence-electron chi connectivity index (χ3n) is 4.68. The van der Waals surface area contributed by atoms with Crippen LogP contribution in [0.5, 0.6) is 0 Å². The molecule has 0 atom stereocenters. The average molecular weight is 422 g/mol. The lowest BCUT2D eigenvalue weighted by Crippen LogP contribution is -2.31. The maximum absolute atomic E-state index is 12.1. The molecular formula is C19H17Cl2N3O2S. The first-order valence-corrected chi connectivity index (χ1v) is 11.1. The fourth-order valence-electron chi connectivity index (χ4n) is 3.44. The van der Waals surface area contributed by atoms with Gasteiger partial charge in [0.2, 0.25) is 0 Å². The van der Waals surface area contributed by atoms with E-state index in [9.17, 15) is 8.42 Å². The third-order valence-corrected chi connectivity index (χ3v) is 6.31. The number of benzene rings is 1. The largest absolute Gasteiger partial charge is 0.294 e. The SMILES string of the molecule is CS(=O)(=O)c1cc(Cl)ccc1CN1CCc2nc3ncc(Cl)cc3cc2C1. The number of nitrogens with zero attached hydrogens (tertiary/aromatic N) is 3. The van der Waals surface area contributed by atoms with Crippen molar-refractivity contribution in [3.63, 3.8) is 0 Å². The van der Waals surface area contributed by atoms with Crippen molar-refractivity contribution in [2.75, 3.05) is 12.8 Å². The van der Waals surface area contributed by atoms with Crippen LogP contribution >= 0.6 is 23.2 Å². The van der Waals surface area contributed by atoms with Crippen molar-refractivity contribution in [3.05, 3.63) is 63.4 Å². The fourth-order valence-corrected chi connectivity index (χ4v) is 4.79. The van der Waals surface area contributed by atoms with Gasteiger partial charge in [-0.25, -0.2) is 18.4 Å². The quantitative estimate of drug-likeness (QED) is 0.641. The predicted molar refractivity (Wildman–Crippen MR) is 107 cm³/mol. The van der Waals surface area contributed by atoms with Crippen molar-refractivity contribution >= 4 is 44.1 Å². The van der Waals surface area contributed by atoms with Crippen LogP contribution in [0.25, 0.3) is 11.0 Å². The van der Waals surface area contributed by atoms with Gasteiger partial charge in [-0.05, 0) is 35.4 Å². The summed E-state index contributed by atoms with van der Waals surface area (Å²) in [6.45, 7) is 2.02. The third kappa shape index (κ3) is 3.94. The van der Waals surface area contributed by atoms with Crippen molar-refractivity contribution < 1.29 is 8.42 Å². The van der Waals surface area contributed by atoms with E-state index in [1.54, 1.807) is 18.3 Å². The average Bonchev–Trinajstić information content (AvgIpc) is 2.60. The van der Waals surface area contributed by atoms with Crippen molar-refractivity contribution in [1.29, 1.82) is 0 Å². The van der Waals surface area contributed by atoms with Gasteiger partial charge in [0.1, 0.15) is 0 Å². The Morgan fingerprint density at radius 1 is 1.15 bits per heavy atom. The molecule has 0 amide bonds. The van der Waals surface area contributed by atoms with E-state index in [4.69, 9.17) is 23.2 Å². The van der Waals surface area contributed by atoms with Gasteiger partial charge < -0.3 is 0 Å². The molecule has 3 aromatic rings. The zero-order valence-electron chi connectivity index (χ0n) is 14.6. The molecule has 0 unspecified atom stereocenters. The van der Waals surface area contributed by atoms with E-state index in [1.165, 1.54) is 12.3 Å². The Morgan fingerprint density at radius 3 is 2.74 bits per heavy atom. The van der Waals surface area contributed by atoms with Crippen molar-refractivity contribution in [2.45, 2.75) is 24.4 Å². The second-order valence-electron chi connectivity index (χ2n) is 6.78. The number of fused-ring (bicyclic) bond motifs is 2. The molecule has 4 rings (SSSR count). The zero-order valence-corrected chi connectivity index (χ0v) is 16.9. The number of hydrogen-bond donors (Lipinski definition) is 0. The summed E-state index contributed by atoms with van der Waals surface area (Å²) in [7, 11) is -3.35. The molecule has 0 spiro atoms. The maximum Gasteiger partial charge on any atom is 0.175 e. The van der Waals surface area contributed by atoms with Gasteiger partial charge in [-0.2, -0.15) is 0 Å². The molecule has 0 saturated heterocycles. The van der Waals surface area contributed by atoms with Gasteiger partial charge in [0, 0.05) is 54.6 Å². The predicted octanol–water partition coefficient (Wildman–Crippen LogP) is 3.90. The lowest BCUT2D eigenvalue weighted by molar-refractivity contribution is 0.242. The zero-order chi connectivity index (χ0) is 19.2. The number of sulfone groups is 1. The summed E-state index contributed by atoms with van der Waals surface area (Å²) < 4.78 is 24.2. The molecule has 3 heterocycles. The Hall–Kier alpha value is -1.73. The minimum absolute atomic E-state index is 0.286. The summed E-state index contributed by atoms with van der Waals surface area (Å²) in [4.78, 5) is 11.4. The van der Waals surface area contributed by atoms with Crippen LogP contribution in [0.15, 0.2) is 41.4 Å². The van der Waals surface area contributed by atoms with Crippen LogP contribution < -0.4 is 0 Å². The Labute approximate surface area is 167 Å². The van der Waals surface area contributed by atoms with Gasteiger partial charge in [0.05, 0.1) is 9.92 Å². The molecule has 0 N–H and O–H groups in total. The summed E-state index contributed by atoms with van der Waals surface area (Å²) in [5.74, 6) is 0. The van der Waals surface area contributed by atoms with Crippen LogP contribution in [0, 0.1) is 0 Å². The summed E-state index contributed by atoms with van der Waals surface area (Å²) in [5.41, 5.74) is 3.60. The lowest BCUT2D eigenvalue weighted by Gasteiger charge is -2.29. The van der Waals surface area contributed by atoms with Crippen LogP contribution in [0.4, 0.5) is 0 Å². The number of aromatic nitrogens is 2. The highest BCUT2D eigenvalue weighted by Crippen LogP contribution is 2.27. The van der Waals surface area contributed by atoms with E-state index in [0.29, 0.717) is 28.8 Å². The van der Waals surface area contributed by atoms with Gasteiger partial charge in [-0.3, -0.25) is 4.90 Å². The van der Waals surface area contributed by atoms with E-state index < -0.39 is 9.84 Å². The maximum atomic E-state index is 12.1. The molecule has 1 aliphatic heterocycles. The smallest absolute Gasteiger partial charge is 0.175 e. The van der Waals surface area contributed by atoms with Crippen LogP contribution in [0.2, 0.25) is 10.0 Å². The molecule has 0 aliphatic carbocycles. The van der Waals surface area contributed by atoms with Gasteiger partial charge in [0.25, 0.3) is 0 Å². The van der Waals surface area contributed by atoms with Crippen LogP contribution in [-0.2, 0) is 29.3 Å². The molecule has 2 aromatic heterocycles. The highest BCUT2D eigenvalue weighted by Gasteiger charge is 2.21. The van der Waals surface area contributed by atoms with E-state index in [2.05, 4.69) is 20.9 Å². The standard InChI is InChI=1S/C19H17Cl2N3O2S/c1-27(25,26)18-8-15(20)3-2-12(18)10-24-5-4-17-14(11-24)6-13-7-16(21)9-22-19(13)23-17/h2-3,6-9H,4-5,10-11H2,1H3. The van der Waals surface area contributed by atoms with Crippen molar-refractivity contribution in [3.8, 4) is 0 Å². The minimum atomic E-state index is -3.35. The summed E-state index contributed by atoms with van der Waals surface area (Å²) in [6.07, 6.45) is 3.60. The van der Waals surface area contributed by atoms with E-state index in [-0.39, 0.29) is 4.90 Å². The van der Waals surface area contributed by atoms with E-state index >= 15 is 0 Å². The van der Waals surface area contributed by atoms with Crippen molar-refractivity contribution in [2.24, 2.45) is 0 Å². The van der Waals surface area contributed by atoms with Gasteiger partial charge >= 0.3 is 0 Å². The number of pyridine rings is 2. The number of halogens is 2. The van der Waals surface area contributed by atoms with Gasteiger partial charge in [0.15, 0.2) is 15.5 Å². The first-order valence-electron chi connectivity index (χ1n) is 8.44. The molecule has 140 valence electrons. The first kappa shape index (κ1) is 18.6. The normalized spacial score (nSPS) is 15.1. The van der Waals surface area contributed by atoms with E-state index in [1.807, 2.05) is 6.07 Å². The molecule has 0 saturated carbocycles. The molecule has 5 nitrogen and oxygen atoms in total. The topological polar surface area (TPSA) is 63.2 Å². The number of rotatable bonds is 3. The second-order valence-corrected chi connectivity index (χ2v) is 9.64. The second kappa shape index (κ2) is 7.02. The summed E-state index contributed by atoms with van der Waals surface area (Å²) in [6, 6.07) is 8.97. The summed E-state index contributed by atoms with van der Waals surface area (Å²) >= 11 is 12.0. The van der Waals surface area contributed by atoms with E-state index in [0.717, 1.165) is 35.2 Å². The Bertz CT molecular complexity index is 1150. The highest BCUT2D eigenvalue weighted by molar-refractivity contribution is 7.90. The van der Waals surface area contributed by atoms with Gasteiger partial charge in [-0.15, -0.1) is 0 Å². The van der Waals surface area contributed by atoms with Crippen LogP contribution in [-0.4, -0.2) is 36.1 Å². The monoisotopic (exact) mass is 421 g/mol. The molecule has 8 heteroatoms. The van der Waals surface area contributed by atoms with Crippen LogP contribution in [0.1, 0.15) is 16.8 Å². The molecule has 27 heavy (non-hydrogen) atoms. The fraction of sp³-hybridized carbons (Fsp3) is 0.263. The molecule has 0 fully saturated rings. The molecule has 0 radical (unpaired) electrons. The number of hydrogen-bond acceptors (Lipinski definition) is 5. The molecule has 0 bridgehead atoms. The van der Waals surface area contributed by atoms with Crippen molar-refractivity contribution in [1.82, 2.24) is 14.9 Å². The Morgan fingerprint density at radius 2 is 1.96 bits per heavy atom. The van der Waals surface area contributed by atoms with Gasteiger partial charge in [-0.1, -0.05) is 29.3 Å². The molecular weight excluding hydrogens is 405 g/mol. The Kier molecular flexibility index (Phi) is 4.84. The first-order chi connectivity index (χ1) is 12.8. The molecule has 1 aromatic carbocycles.